The first-order chi connectivity index (χ1) is 10.7. The number of amides is 2. The molecule has 6 heteroatoms. The van der Waals surface area contributed by atoms with Crippen molar-refractivity contribution in [2.24, 2.45) is 0 Å². The lowest BCUT2D eigenvalue weighted by Crippen LogP contribution is -2.52. The zero-order valence-corrected chi connectivity index (χ0v) is 13.4. The Labute approximate surface area is 136 Å². The van der Waals surface area contributed by atoms with Crippen molar-refractivity contribution in [1.29, 1.82) is 0 Å². The van der Waals surface area contributed by atoms with E-state index >= 15 is 0 Å². The second-order valence-electron chi connectivity index (χ2n) is 5.40. The number of para-hydroxylation sites is 1. The highest BCUT2D eigenvalue weighted by atomic mass is 32.2. The molecule has 0 aliphatic carbocycles. The Hall–Kier alpha value is -1.79. The minimum absolute atomic E-state index is 0.0307. The Morgan fingerprint density at radius 2 is 2.18 bits per heavy atom. The summed E-state index contributed by atoms with van der Waals surface area (Å²) in [6.07, 6.45) is 0.980. The lowest BCUT2D eigenvalue weighted by Gasteiger charge is -2.29. The quantitative estimate of drug-likeness (QED) is 0.941. The second kappa shape index (κ2) is 5.14. The van der Waals surface area contributed by atoms with Gasteiger partial charge in [-0.05, 0) is 40.9 Å². The highest BCUT2D eigenvalue weighted by Crippen LogP contribution is 2.55. The van der Waals surface area contributed by atoms with Gasteiger partial charge in [0.2, 0.25) is 5.91 Å². The maximum absolute atomic E-state index is 12.8. The molecular formula is C16H14N2O2S2. The van der Waals surface area contributed by atoms with Crippen molar-refractivity contribution in [3.05, 3.63) is 46.7 Å². The van der Waals surface area contributed by atoms with Gasteiger partial charge in [0.1, 0.15) is 0 Å². The first-order valence-electron chi connectivity index (χ1n) is 7.11. The number of benzene rings is 1. The minimum atomic E-state index is -0.809. The molecule has 0 saturated carbocycles. The molecule has 2 aliphatic rings. The maximum atomic E-state index is 12.8. The molecule has 1 atom stereocenters. The van der Waals surface area contributed by atoms with Gasteiger partial charge in [-0.1, -0.05) is 23.9 Å². The Bertz CT molecular complexity index is 744. The van der Waals surface area contributed by atoms with E-state index in [-0.39, 0.29) is 11.8 Å². The Morgan fingerprint density at radius 1 is 1.32 bits per heavy atom. The fourth-order valence-electron chi connectivity index (χ4n) is 3.01. The van der Waals surface area contributed by atoms with Crippen molar-refractivity contribution in [2.75, 3.05) is 4.90 Å². The van der Waals surface area contributed by atoms with Crippen LogP contribution < -0.4 is 10.2 Å². The second-order valence-corrected chi connectivity index (χ2v) is 7.50. The molecule has 1 aromatic heterocycles. The molecule has 112 valence electrons. The van der Waals surface area contributed by atoms with E-state index in [0.717, 1.165) is 16.1 Å². The van der Waals surface area contributed by atoms with Gasteiger partial charge in [-0.2, -0.15) is 11.3 Å². The summed E-state index contributed by atoms with van der Waals surface area (Å²) >= 11 is 3.11. The summed E-state index contributed by atoms with van der Waals surface area (Å²) in [5.74, 6) is -0.0473. The molecule has 1 fully saturated rings. The van der Waals surface area contributed by atoms with E-state index in [2.05, 4.69) is 5.32 Å². The molecular weight excluding hydrogens is 316 g/mol. The van der Waals surface area contributed by atoms with Gasteiger partial charge in [0.05, 0.1) is 5.69 Å². The molecule has 2 amide bonds. The average molecular weight is 330 g/mol. The van der Waals surface area contributed by atoms with Gasteiger partial charge >= 0.3 is 0 Å². The van der Waals surface area contributed by atoms with Crippen LogP contribution in [0, 0.1) is 0 Å². The Kier molecular flexibility index (Phi) is 3.23. The van der Waals surface area contributed by atoms with Gasteiger partial charge in [0, 0.05) is 17.9 Å². The SMILES string of the molecule is O=C1CCC2(C(=O)NCc3ccsc3)Sc3ccccc3N12. The van der Waals surface area contributed by atoms with Gasteiger partial charge in [-0.3, -0.25) is 14.5 Å². The summed E-state index contributed by atoms with van der Waals surface area (Å²) in [4.78, 5) is 27.0. The standard InChI is InChI=1S/C16H14N2O2S2/c19-14-5-7-16(15(20)17-9-11-6-8-21-10-11)18(14)12-3-1-2-4-13(12)22-16/h1-4,6,8,10H,5,7,9H2,(H,17,20). The number of anilines is 1. The molecule has 1 aromatic carbocycles. The first kappa shape index (κ1) is 13.8. The molecule has 4 nitrogen and oxygen atoms in total. The summed E-state index contributed by atoms with van der Waals surface area (Å²) in [5.41, 5.74) is 1.95. The maximum Gasteiger partial charge on any atom is 0.257 e. The number of fused-ring (bicyclic) bond motifs is 3. The normalized spacial score (nSPS) is 22.5. The highest BCUT2D eigenvalue weighted by molar-refractivity contribution is 8.02. The fraction of sp³-hybridized carbons (Fsp3) is 0.250. The third-order valence-corrected chi connectivity index (χ3v) is 6.27. The molecule has 2 aromatic rings. The van der Waals surface area contributed by atoms with E-state index in [4.69, 9.17) is 0 Å². The van der Waals surface area contributed by atoms with Crippen molar-refractivity contribution < 1.29 is 9.59 Å². The van der Waals surface area contributed by atoms with E-state index < -0.39 is 4.87 Å². The number of thiophene rings is 1. The lowest BCUT2D eigenvalue weighted by molar-refractivity contribution is -0.124. The van der Waals surface area contributed by atoms with E-state index in [1.54, 1.807) is 16.2 Å². The van der Waals surface area contributed by atoms with Crippen LogP contribution in [-0.4, -0.2) is 16.7 Å². The largest absolute Gasteiger partial charge is 0.349 e. The predicted molar refractivity (Wildman–Crippen MR) is 87.9 cm³/mol. The number of nitrogens with zero attached hydrogens (tertiary/aromatic N) is 1. The summed E-state index contributed by atoms with van der Waals surface area (Å²) in [7, 11) is 0. The van der Waals surface area contributed by atoms with E-state index in [1.807, 2.05) is 41.1 Å². The highest BCUT2D eigenvalue weighted by Gasteiger charge is 2.57. The number of thioether (sulfide) groups is 1. The Morgan fingerprint density at radius 3 is 3.00 bits per heavy atom. The molecule has 0 spiro atoms. The zero-order chi connectivity index (χ0) is 15.2. The van der Waals surface area contributed by atoms with Crippen LogP contribution in [0.15, 0.2) is 46.0 Å². The third-order valence-electron chi connectivity index (χ3n) is 4.06. The topological polar surface area (TPSA) is 49.4 Å². The van der Waals surface area contributed by atoms with E-state index in [0.29, 0.717) is 19.4 Å². The van der Waals surface area contributed by atoms with Gasteiger partial charge < -0.3 is 5.32 Å². The van der Waals surface area contributed by atoms with Crippen LogP contribution in [-0.2, 0) is 16.1 Å². The van der Waals surface area contributed by atoms with Gasteiger partial charge in [-0.15, -0.1) is 0 Å². The molecule has 2 aliphatic heterocycles. The lowest BCUT2D eigenvalue weighted by atomic mass is 10.1. The monoisotopic (exact) mass is 330 g/mol. The fourth-order valence-corrected chi connectivity index (χ4v) is 5.12. The van der Waals surface area contributed by atoms with Crippen molar-refractivity contribution in [3.8, 4) is 0 Å². The predicted octanol–water partition coefficient (Wildman–Crippen LogP) is 2.99. The van der Waals surface area contributed by atoms with Crippen LogP contribution in [0.25, 0.3) is 0 Å². The van der Waals surface area contributed by atoms with Gasteiger partial charge in [0.15, 0.2) is 4.87 Å². The molecule has 0 bridgehead atoms. The van der Waals surface area contributed by atoms with Crippen molar-refractivity contribution in [3.63, 3.8) is 0 Å². The van der Waals surface area contributed by atoms with Crippen LogP contribution in [0.2, 0.25) is 0 Å². The summed E-state index contributed by atoms with van der Waals surface area (Å²) in [5, 5.41) is 7.01. The van der Waals surface area contributed by atoms with Crippen molar-refractivity contribution in [1.82, 2.24) is 5.32 Å². The number of hydrogen-bond acceptors (Lipinski definition) is 4. The summed E-state index contributed by atoms with van der Waals surface area (Å²) < 4.78 is 0. The zero-order valence-electron chi connectivity index (χ0n) is 11.7. The van der Waals surface area contributed by atoms with Crippen LogP contribution >= 0.6 is 23.1 Å². The first-order valence-corrected chi connectivity index (χ1v) is 8.87. The molecule has 0 radical (unpaired) electrons. The number of carbonyl (C=O) groups excluding carboxylic acids is 2. The minimum Gasteiger partial charge on any atom is -0.349 e. The molecule has 1 N–H and O–H groups in total. The Balaban J connectivity index is 1.62. The van der Waals surface area contributed by atoms with E-state index in [9.17, 15) is 9.59 Å². The molecule has 1 saturated heterocycles. The van der Waals surface area contributed by atoms with Crippen LogP contribution in [0.5, 0.6) is 0 Å². The average Bonchev–Trinajstić information content (AvgIpc) is 3.21. The number of rotatable bonds is 3. The number of carbonyl (C=O) groups is 2. The van der Waals surface area contributed by atoms with E-state index in [1.165, 1.54) is 11.8 Å². The molecule has 3 heterocycles. The smallest absolute Gasteiger partial charge is 0.257 e. The number of nitrogens with one attached hydrogen (secondary N) is 1. The summed E-state index contributed by atoms with van der Waals surface area (Å²) in [6.45, 7) is 0.503. The van der Waals surface area contributed by atoms with Crippen molar-refractivity contribution >= 4 is 40.6 Å². The van der Waals surface area contributed by atoms with Gasteiger partial charge in [-0.25, -0.2) is 0 Å². The van der Waals surface area contributed by atoms with Crippen LogP contribution in [0.4, 0.5) is 5.69 Å². The van der Waals surface area contributed by atoms with Crippen molar-refractivity contribution in [2.45, 2.75) is 29.2 Å². The van der Waals surface area contributed by atoms with Gasteiger partial charge in [0.25, 0.3) is 5.91 Å². The molecule has 22 heavy (non-hydrogen) atoms. The van der Waals surface area contributed by atoms with Crippen LogP contribution in [0.1, 0.15) is 18.4 Å². The number of hydrogen-bond donors (Lipinski definition) is 1. The van der Waals surface area contributed by atoms with Crippen LogP contribution in [0.3, 0.4) is 0 Å². The third kappa shape index (κ3) is 1.98. The summed E-state index contributed by atoms with van der Waals surface area (Å²) in [6, 6.07) is 9.73. The molecule has 4 rings (SSSR count). The molecule has 1 unspecified atom stereocenters.